The normalized spacial score (nSPS) is 22.0. The van der Waals surface area contributed by atoms with Crippen LogP contribution in [0.3, 0.4) is 0 Å². The summed E-state index contributed by atoms with van der Waals surface area (Å²) in [6.45, 7) is 5.25. The lowest BCUT2D eigenvalue weighted by atomic mass is 10.1. The van der Waals surface area contributed by atoms with E-state index in [0.717, 1.165) is 67.4 Å². The molecule has 2 aliphatic rings. The predicted octanol–water partition coefficient (Wildman–Crippen LogP) is 2.43. The maximum atomic E-state index is 11.9. The van der Waals surface area contributed by atoms with E-state index in [1.54, 1.807) is 0 Å². The number of benzene rings is 1. The Morgan fingerprint density at radius 3 is 2.50 bits per heavy atom. The van der Waals surface area contributed by atoms with Crippen molar-refractivity contribution in [3.05, 3.63) is 65.1 Å². The lowest BCUT2D eigenvalue weighted by Gasteiger charge is -2.33. The molecule has 2 aromatic heterocycles. The maximum Gasteiger partial charge on any atom is 0.155 e. The van der Waals surface area contributed by atoms with Gasteiger partial charge in [0.1, 0.15) is 11.6 Å². The second-order valence-electron chi connectivity index (χ2n) is 7.33. The third-order valence-corrected chi connectivity index (χ3v) is 5.00. The molecule has 1 saturated heterocycles. The molecule has 5 rings (SSSR count). The molecule has 4 heterocycles. The van der Waals surface area contributed by atoms with Crippen LogP contribution in [0.15, 0.2) is 36.5 Å². The van der Waals surface area contributed by atoms with Crippen molar-refractivity contribution in [2.24, 2.45) is 5.73 Å². The summed E-state index contributed by atoms with van der Waals surface area (Å²) < 4.78 is 31.3. The van der Waals surface area contributed by atoms with Gasteiger partial charge in [-0.15, -0.1) is 0 Å². The highest BCUT2D eigenvalue weighted by molar-refractivity contribution is 5.42. The summed E-state index contributed by atoms with van der Waals surface area (Å²) >= 11 is 0. The average Bonchev–Trinajstić information content (AvgIpc) is 3.24. The van der Waals surface area contributed by atoms with Crippen LogP contribution in [0.2, 0.25) is 0 Å². The SMILES string of the molecule is Cc1cc2nc3c(cn2n1)CN(C1COCC(N)C1)C3.Fc1ccc(F)cc1. The number of rotatable bonds is 1. The molecule has 6 nitrogen and oxygen atoms in total. The highest BCUT2D eigenvalue weighted by Gasteiger charge is 2.31. The molecule has 8 heteroatoms. The Labute approximate surface area is 161 Å². The molecule has 2 atom stereocenters. The third-order valence-electron chi connectivity index (χ3n) is 5.00. The molecule has 1 fully saturated rings. The average molecular weight is 387 g/mol. The first kappa shape index (κ1) is 18.9. The minimum Gasteiger partial charge on any atom is -0.378 e. The molecular formula is C20H23F2N5O. The van der Waals surface area contributed by atoms with Gasteiger partial charge in [0.2, 0.25) is 0 Å². The van der Waals surface area contributed by atoms with Crippen LogP contribution in [-0.2, 0) is 17.8 Å². The first-order chi connectivity index (χ1) is 13.5. The van der Waals surface area contributed by atoms with Crippen molar-refractivity contribution in [1.29, 1.82) is 0 Å². The molecule has 28 heavy (non-hydrogen) atoms. The van der Waals surface area contributed by atoms with E-state index in [-0.39, 0.29) is 6.04 Å². The summed E-state index contributed by atoms with van der Waals surface area (Å²) in [7, 11) is 0. The first-order valence-electron chi connectivity index (χ1n) is 9.31. The van der Waals surface area contributed by atoms with Crippen molar-refractivity contribution in [2.45, 2.75) is 38.5 Å². The van der Waals surface area contributed by atoms with Crippen LogP contribution < -0.4 is 5.73 Å². The summed E-state index contributed by atoms with van der Waals surface area (Å²) in [6, 6.07) is 6.89. The fourth-order valence-electron chi connectivity index (χ4n) is 3.63. The van der Waals surface area contributed by atoms with Gasteiger partial charge in [-0.3, -0.25) is 4.90 Å². The Morgan fingerprint density at radius 2 is 1.82 bits per heavy atom. The third kappa shape index (κ3) is 4.19. The van der Waals surface area contributed by atoms with Gasteiger partial charge in [-0.1, -0.05) is 0 Å². The van der Waals surface area contributed by atoms with Gasteiger partial charge in [-0.05, 0) is 37.6 Å². The standard InChI is InChI=1S/C14H19N5O.C6H4F2/c1-9-2-14-16-13-6-18(4-10(13)5-19(14)17-9)12-3-11(15)7-20-8-12;7-5-1-2-6(8)4-3-5/h2,5,11-12H,3-4,6-8,15H2,1H3;1-4H. The van der Waals surface area contributed by atoms with E-state index in [0.29, 0.717) is 12.6 Å². The van der Waals surface area contributed by atoms with E-state index in [1.165, 1.54) is 5.56 Å². The molecule has 3 aromatic rings. The molecule has 2 unspecified atom stereocenters. The van der Waals surface area contributed by atoms with E-state index < -0.39 is 11.6 Å². The second-order valence-corrected chi connectivity index (χ2v) is 7.33. The minimum absolute atomic E-state index is 0.158. The van der Waals surface area contributed by atoms with Crippen molar-refractivity contribution in [3.8, 4) is 0 Å². The van der Waals surface area contributed by atoms with Crippen molar-refractivity contribution in [3.63, 3.8) is 0 Å². The molecular weight excluding hydrogens is 364 g/mol. The first-order valence-corrected chi connectivity index (χ1v) is 9.31. The lowest BCUT2D eigenvalue weighted by Crippen LogP contribution is -2.46. The number of nitrogens with two attached hydrogens (primary N) is 1. The van der Waals surface area contributed by atoms with Crippen LogP contribution in [0.4, 0.5) is 8.78 Å². The Bertz CT molecular complexity index is 895. The van der Waals surface area contributed by atoms with Crippen molar-refractivity contribution >= 4 is 5.65 Å². The van der Waals surface area contributed by atoms with E-state index in [1.807, 2.05) is 17.5 Å². The quantitative estimate of drug-likeness (QED) is 0.695. The number of hydrogen-bond acceptors (Lipinski definition) is 5. The Balaban J connectivity index is 0.000000203. The van der Waals surface area contributed by atoms with Crippen molar-refractivity contribution < 1.29 is 13.5 Å². The second kappa shape index (κ2) is 7.90. The molecule has 0 aliphatic carbocycles. The molecule has 2 N–H and O–H groups in total. The summed E-state index contributed by atoms with van der Waals surface area (Å²) in [5.74, 6) is -0.821. The van der Waals surface area contributed by atoms with Gasteiger partial charge < -0.3 is 10.5 Å². The maximum absolute atomic E-state index is 11.9. The zero-order valence-electron chi connectivity index (χ0n) is 15.7. The molecule has 148 valence electrons. The van der Waals surface area contributed by atoms with Gasteiger partial charge in [-0.25, -0.2) is 18.3 Å². The Morgan fingerprint density at radius 1 is 1.11 bits per heavy atom. The number of fused-ring (bicyclic) bond motifs is 2. The summed E-state index contributed by atoms with van der Waals surface area (Å²) in [4.78, 5) is 7.15. The van der Waals surface area contributed by atoms with Crippen LogP contribution in [-0.4, -0.2) is 44.8 Å². The zero-order valence-corrected chi connectivity index (χ0v) is 15.7. The lowest BCUT2D eigenvalue weighted by molar-refractivity contribution is 0.00530. The number of aryl methyl sites for hydroxylation is 1. The van der Waals surface area contributed by atoms with E-state index >= 15 is 0 Å². The van der Waals surface area contributed by atoms with Crippen molar-refractivity contribution in [2.75, 3.05) is 13.2 Å². The molecule has 2 aliphatic heterocycles. The number of nitrogens with zero attached hydrogens (tertiary/aromatic N) is 4. The summed E-state index contributed by atoms with van der Waals surface area (Å²) in [6.07, 6.45) is 3.11. The largest absolute Gasteiger partial charge is 0.378 e. The molecule has 0 saturated carbocycles. The smallest absolute Gasteiger partial charge is 0.155 e. The molecule has 0 bridgehead atoms. The number of ether oxygens (including phenoxy) is 1. The highest BCUT2D eigenvalue weighted by Crippen LogP contribution is 2.26. The molecule has 0 amide bonds. The van der Waals surface area contributed by atoms with E-state index in [4.69, 9.17) is 15.5 Å². The van der Waals surface area contributed by atoms with Crippen LogP contribution in [0.25, 0.3) is 5.65 Å². The van der Waals surface area contributed by atoms with Crippen LogP contribution in [0.5, 0.6) is 0 Å². The van der Waals surface area contributed by atoms with E-state index in [2.05, 4.69) is 16.2 Å². The predicted molar refractivity (Wildman–Crippen MR) is 101 cm³/mol. The molecule has 1 aromatic carbocycles. The summed E-state index contributed by atoms with van der Waals surface area (Å²) in [5.41, 5.74) is 10.4. The van der Waals surface area contributed by atoms with E-state index in [9.17, 15) is 8.78 Å². The van der Waals surface area contributed by atoms with Gasteiger partial charge >= 0.3 is 0 Å². The fraction of sp³-hybridized carbons (Fsp3) is 0.400. The van der Waals surface area contributed by atoms with Crippen molar-refractivity contribution in [1.82, 2.24) is 19.5 Å². The van der Waals surface area contributed by atoms with Crippen LogP contribution in [0.1, 0.15) is 23.4 Å². The monoisotopic (exact) mass is 387 g/mol. The van der Waals surface area contributed by atoms with Gasteiger partial charge in [0, 0.05) is 43.0 Å². The Kier molecular flexibility index (Phi) is 5.34. The molecule has 0 spiro atoms. The minimum atomic E-state index is -0.411. The summed E-state index contributed by atoms with van der Waals surface area (Å²) in [5, 5.41) is 4.43. The molecule has 0 radical (unpaired) electrons. The number of aromatic nitrogens is 3. The van der Waals surface area contributed by atoms with Crippen LogP contribution in [0, 0.1) is 18.6 Å². The van der Waals surface area contributed by atoms with Gasteiger partial charge in [0.15, 0.2) is 5.65 Å². The topological polar surface area (TPSA) is 68.7 Å². The fourth-order valence-corrected chi connectivity index (χ4v) is 3.63. The number of hydrogen-bond donors (Lipinski definition) is 1. The van der Waals surface area contributed by atoms with Gasteiger partial charge in [0.05, 0.1) is 24.6 Å². The Hall–Kier alpha value is -2.42. The highest BCUT2D eigenvalue weighted by atomic mass is 19.1. The van der Waals surface area contributed by atoms with Crippen LogP contribution >= 0.6 is 0 Å². The number of halogens is 2. The van der Waals surface area contributed by atoms with Gasteiger partial charge in [0.25, 0.3) is 0 Å². The van der Waals surface area contributed by atoms with Gasteiger partial charge in [-0.2, -0.15) is 5.10 Å². The zero-order chi connectivity index (χ0) is 19.7.